The van der Waals surface area contributed by atoms with E-state index in [2.05, 4.69) is 20.9 Å². The summed E-state index contributed by atoms with van der Waals surface area (Å²) >= 11 is 9.05. The molecule has 0 aliphatic heterocycles. The zero-order valence-electron chi connectivity index (χ0n) is 6.69. The van der Waals surface area contributed by atoms with E-state index in [4.69, 9.17) is 22.1 Å². The van der Waals surface area contributed by atoms with Gasteiger partial charge in [-0.2, -0.15) is 0 Å². The van der Waals surface area contributed by atoms with Crippen molar-refractivity contribution in [1.29, 1.82) is 0 Å². The maximum Gasteiger partial charge on any atom is 0.180 e. The van der Waals surface area contributed by atoms with E-state index in [1.807, 2.05) is 6.92 Å². The minimum Gasteiger partial charge on any atom is -0.491 e. The standard InChI is InChI=1S/C7H8BrClN2O/c1-3-4(8)5(10)6(12-2)7(9)11-3/h1-2H3,(H2,10,11). The lowest BCUT2D eigenvalue weighted by molar-refractivity contribution is 0.415. The molecule has 0 fully saturated rings. The van der Waals surface area contributed by atoms with E-state index < -0.39 is 0 Å². The third-order valence-corrected chi connectivity index (χ3v) is 2.71. The number of methoxy groups -OCH3 is 1. The number of nitrogens with zero attached hydrogens (tertiary/aromatic N) is 1. The van der Waals surface area contributed by atoms with Crippen molar-refractivity contribution >= 4 is 33.2 Å². The van der Waals surface area contributed by atoms with Gasteiger partial charge in [-0.25, -0.2) is 4.98 Å². The van der Waals surface area contributed by atoms with Crippen LogP contribution in [0, 0.1) is 6.92 Å². The molecule has 66 valence electrons. The molecule has 0 aliphatic carbocycles. The molecule has 0 unspecified atom stereocenters. The number of aryl methyl sites for hydroxylation is 1. The molecule has 0 bridgehead atoms. The highest BCUT2D eigenvalue weighted by Gasteiger charge is 2.12. The largest absolute Gasteiger partial charge is 0.491 e. The molecule has 1 aromatic heterocycles. The first-order valence-electron chi connectivity index (χ1n) is 3.23. The van der Waals surface area contributed by atoms with Crippen molar-refractivity contribution in [2.24, 2.45) is 0 Å². The van der Waals surface area contributed by atoms with Crippen molar-refractivity contribution in [3.05, 3.63) is 15.3 Å². The summed E-state index contributed by atoms with van der Waals surface area (Å²) in [6, 6.07) is 0. The highest BCUT2D eigenvalue weighted by atomic mass is 79.9. The van der Waals surface area contributed by atoms with Crippen LogP contribution in [0.3, 0.4) is 0 Å². The Hall–Kier alpha value is -0.480. The minimum atomic E-state index is 0.288. The van der Waals surface area contributed by atoms with Crippen LogP contribution in [0.25, 0.3) is 0 Å². The lowest BCUT2D eigenvalue weighted by Gasteiger charge is -2.09. The number of ether oxygens (including phenoxy) is 1. The molecule has 3 nitrogen and oxygen atoms in total. The summed E-state index contributed by atoms with van der Waals surface area (Å²) in [6.45, 7) is 1.81. The number of nitrogen functional groups attached to an aromatic ring is 1. The van der Waals surface area contributed by atoms with Crippen molar-refractivity contribution in [1.82, 2.24) is 4.98 Å². The van der Waals surface area contributed by atoms with Crippen molar-refractivity contribution in [3.8, 4) is 5.75 Å². The molecule has 2 N–H and O–H groups in total. The van der Waals surface area contributed by atoms with Gasteiger partial charge in [0.05, 0.1) is 23.0 Å². The second kappa shape index (κ2) is 3.49. The molecule has 0 amide bonds. The second-order valence-electron chi connectivity index (χ2n) is 2.25. The first kappa shape index (κ1) is 9.61. The molecule has 1 aromatic rings. The van der Waals surface area contributed by atoms with Crippen LogP contribution in [0.5, 0.6) is 5.75 Å². The lowest BCUT2D eigenvalue weighted by Crippen LogP contribution is -1.98. The third kappa shape index (κ3) is 1.49. The van der Waals surface area contributed by atoms with Gasteiger partial charge in [0, 0.05) is 0 Å². The average Bonchev–Trinajstić information content (AvgIpc) is 2.01. The van der Waals surface area contributed by atoms with Crippen LogP contribution in [-0.2, 0) is 0 Å². The van der Waals surface area contributed by atoms with E-state index in [1.165, 1.54) is 7.11 Å². The Morgan fingerprint density at radius 3 is 2.67 bits per heavy atom. The number of hydrogen-bond acceptors (Lipinski definition) is 3. The van der Waals surface area contributed by atoms with Crippen LogP contribution < -0.4 is 10.5 Å². The maximum absolute atomic E-state index is 5.77. The van der Waals surface area contributed by atoms with Gasteiger partial charge in [-0.1, -0.05) is 11.6 Å². The maximum atomic E-state index is 5.77. The number of nitrogens with two attached hydrogens (primary N) is 1. The van der Waals surface area contributed by atoms with E-state index in [0.717, 1.165) is 10.2 Å². The molecule has 0 radical (unpaired) electrons. The number of anilines is 1. The molecule has 0 saturated carbocycles. The van der Waals surface area contributed by atoms with Gasteiger partial charge in [0.2, 0.25) is 0 Å². The summed E-state index contributed by atoms with van der Waals surface area (Å²) < 4.78 is 5.69. The van der Waals surface area contributed by atoms with Gasteiger partial charge in [0.1, 0.15) is 0 Å². The van der Waals surface area contributed by atoms with Crippen LogP contribution in [0.1, 0.15) is 5.69 Å². The predicted molar refractivity (Wildman–Crippen MR) is 52.6 cm³/mol. The van der Waals surface area contributed by atoms with E-state index in [9.17, 15) is 0 Å². The topological polar surface area (TPSA) is 48.1 Å². The molecular weight excluding hydrogens is 243 g/mol. The molecule has 1 heterocycles. The zero-order valence-corrected chi connectivity index (χ0v) is 9.03. The first-order chi connectivity index (χ1) is 5.57. The Morgan fingerprint density at radius 1 is 1.58 bits per heavy atom. The fourth-order valence-electron chi connectivity index (χ4n) is 0.847. The molecule has 12 heavy (non-hydrogen) atoms. The fraction of sp³-hybridized carbons (Fsp3) is 0.286. The third-order valence-electron chi connectivity index (χ3n) is 1.46. The van der Waals surface area contributed by atoms with Gasteiger partial charge in [-0.3, -0.25) is 0 Å². The van der Waals surface area contributed by atoms with Gasteiger partial charge in [0.25, 0.3) is 0 Å². The van der Waals surface area contributed by atoms with Crippen molar-refractivity contribution in [3.63, 3.8) is 0 Å². The Kier molecular flexibility index (Phi) is 2.80. The van der Waals surface area contributed by atoms with Crippen LogP contribution in [0.2, 0.25) is 5.15 Å². The fourth-order valence-corrected chi connectivity index (χ4v) is 1.42. The number of hydrogen-bond donors (Lipinski definition) is 1. The minimum absolute atomic E-state index is 0.288. The molecule has 1 rings (SSSR count). The van der Waals surface area contributed by atoms with E-state index in [0.29, 0.717) is 11.4 Å². The van der Waals surface area contributed by atoms with Crippen molar-refractivity contribution < 1.29 is 4.74 Å². The molecule has 0 aromatic carbocycles. The van der Waals surface area contributed by atoms with Crippen LogP contribution in [-0.4, -0.2) is 12.1 Å². The second-order valence-corrected chi connectivity index (χ2v) is 3.40. The highest BCUT2D eigenvalue weighted by Crippen LogP contribution is 2.36. The molecule has 0 saturated heterocycles. The number of rotatable bonds is 1. The summed E-state index contributed by atoms with van der Waals surface area (Å²) in [5.74, 6) is 0.411. The number of pyridine rings is 1. The van der Waals surface area contributed by atoms with E-state index in [-0.39, 0.29) is 5.15 Å². The zero-order chi connectivity index (χ0) is 9.30. The lowest BCUT2D eigenvalue weighted by atomic mass is 10.3. The number of halogens is 2. The summed E-state index contributed by atoms with van der Waals surface area (Å²) in [4.78, 5) is 4.02. The van der Waals surface area contributed by atoms with Gasteiger partial charge >= 0.3 is 0 Å². The summed E-state index contributed by atoms with van der Waals surface area (Å²) in [7, 11) is 1.50. The highest BCUT2D eigenvalue weighted by molar-refractivity contribution is 9.10. The Morgan fingerprint density at radius 2 is 2.17 bits per heavy atom. The Labute approximate surface area is 84.0 Å². The van der Waals surface area contributed by atoms with Gasteiger partial charge in [-0.05, 0) is 22.9 Å². The van der Waals surface area contributed by atoms with Crippen LogP contribution >= 0.6 is 27.5 Å². The SMILES string of the molecule is COc1c(Cl)nc(C)c(Br)c1N. The summed E-state index contributed by atoms with van der Waals surface area (Å²) in [5.41, 5.74) is 6.93. The van der Waals surface area contributed by atoms with Crippen molar-refractivity contribution in [2.75, 3.05) is 12.8 Å². The van der Waals surface area contributed by atoms with Gasteiger partial charge in [-0.15, -0.1) is 0 Å². The summed E-state index contributed by atoms with van der Waals surface area (Å²) in [5, 5.41) is 0.288. The number of aromatic nitrogens is 1. The first-order valence-corrected chi connectivity index (χ1v) is 4.40. The van der Waals surface area contributed by atoms with Crippen molar-refractivity contribution in [2.45, 2.75) is 6.92 Å². The molecular formula is C7H8BrClN2O. The van der Waals surface area contributed by atoms with Crippen LogP contribution in [0.15, 0.2) is 4.47 Å². The van der Waals surface area contributed by atoms with E-state index >= 15 is 0 Å². The molecule has 5 heteroatoms. The quantitative estimate of drug-likeness (QED) is 0.780. The van der Waals surface area contributed by atoms with Gasteiger partial charge < -0.3 is 10.5 Å². The predicted octanol–water partition coefficient (Wildman–Crippen LogP) is 2.40. The van der Waals surface area contributed by atoms with Crippen LogP contribution in [0.4, 0.5) is 5.69 Å². The Balaban J connectivity index is 3.40. The monoisotopic (exact) mass is 250 g/mol. The average molecular weight is 252 g/mol. The Bertz CT molecular complexity index is 317. The smallest absolute Gasteiger partial charge is 0.180 e. The normalized spacial score (nSPS) is 10.0. The molecule has 0 spiro atoms. The van der Waals surface area contributed by atoms with Gasteiger partial charge in [0.15, 0.2) is 10.9 Å². The summed E-state index contributed by atoms with van der Waals surface area (Å²) in [6.07, 6.45) is 0. The molecule has 0 aliphatic rings. The molecule has 0 atom stereocenters. The van der Waals surface area contributed by atoms with E-state index in [1.54, 1.807) is 0 Å².